The van der Waals surface area contributed by atoms with E-state index in [-0.39, 0.29) is 5.82 Å². The van der Waals surface area contributed by atoms with Crippen molar-refractivity contribution in [2.24, 2.45) is 0 Å². The average Bonchev–Trinajstić information content (AvgIpc) is 2.43. The summed E-state index contributed by atoms with van der Waals surface area (Å²) in [5.41, 5.74) is 6.52. The first kappa shape index (κ1) is 12.2. The summed E-state index contributed by atoms with van der Waals surface area (Å²) in [5.74, 6) is 0.446. The Morgan fingerprint density at radius 2 is 1.89 bits per heavy atom. The zero-order chi connectivity index (χ0) is 13.4. The van der Waals surface area contributed by atoms with Crippen molar-refractivity contribution in [3.8, 4) is 0 Å². The molecular formula is C14H17FN4. The van der Waals surface area contributed by atoms with Crippen LogP contribution in [0.5, 0.6) is 0 Å². The van der Waals surface area contributed by atoms with Gasteiger partial charge in [0.25, 0.3) is 0 Å². The molecule has 1 aliphatic rings. The van der Waals surface area contributed by atoms with Crippen LogP contribution in [0, 0.1) is 5.82 Å². The maximum atomic E-state index is 14.1. The quantitative estimate of drug-likeness (QED) is 0.793. The van der Waals surface area contributed by atoms with Crippen molar-refractivity contribution < 1.29 is 4.39 Å². The van der Waals surface area contributed by atoms with Gasteiger partial charge in [0.15, 0.2) is 0 Å². The summed E-state index contributed by atoms with van der Waals surface area (Å²) in [7, 11) is 2.09. The third kappa shape index (κ3) is 2.10. The molecule has 3 rings (SSSR count). The molecule has 0 spiro atoms. The highest BCUT2D eigenvalue weighted by molar-refractivity contribution is 5.99. The highest BCUT2D eigenvalue weighted by Gasteiger charge is 2.19. The molecule has 0 bridgehead atoms. The van der Waals surface area contributed by atoms with Crippen molar-refractivity contribution >= 4 is 22.3 Å². The number of nitrogens with two attached hydrogens (primary N) is 1. The topological polar surface area (TPSA) is 45.4 Å². The van der Waals surface area contributed by atoms with Gasteiger partial charge in [-0.25, -0.2) is 9.37 Å². The van der Waals surface area contributed by atoms with E-state index in [1.165, 1.54) is 6.07 Å². The van der Waals surface area contributed by atoms with Crippen LogP contribution in [-0.4, -0.2) is 43.1 Å². The van der Waals surface area contributed by atoms with Gasteiger partial charge < -0.3 is 15.5 Å². The van der Waals surface area contributed by atoms with Gasteiger partial charge in [0.2, 0.25) is 0 Å². The van der Waals surface area contributed by atoms with Gasteiger partial charge in [0.1, 0.15) is 11.6 Å². The highest BCUT2D eigenvalue weighted by atomic mass is 19.1. The molecule has 0 saturated carbocycles. The summed E-state index contributed by atoms with van der Waals surface area (Å²) in [6, 6.07) is 4.79. The SMILES string of the molecule is CN1CCN(c2nccc3c(N)ccc(F)c23)CC1. The summed E-state index contributed by atoms with van der Waals surface area (Å²) < 4.78 is 14.1. The van der Waals surface area contributed by atoms with Crippen LogP contribution in [0.3, 0.4) is 0 Å². The molecule has 0 atom stereocenters. The van der Waals surface area contributed by atoms with Gasteiger partial charge in [-0.2, -0.15) is 0 Å². The Bertz CT molecular complexity index is 606. The Balaban J connectivity index is 2.11. The molecule has 2 heterocycles. The van der Waals surface area contributed by atoms with E-state index in [4.69, 9.17) is 5.73 Å². The second kappa shape index (κ2) is 4.66. The van der Waals surface area contributed by atoms with Gasteiger partial charge in [-0.3, -0.25) is 0 Å². The van der Waals surface area contributed by atoms with Crippen LogP contribution in [0.25, 0.3) is 10.8 Å². The maximum Gasteiger partial charge on any atom is 0.139 e. The molecule has 0 radical (unpaired) electrons. The number of hydrogen-bond donors (Lipinski definition) is 1. The van der Waals surface area contributed by atoms with E-state index in [0.717, 1.165) is 31.6 Å². The Morgan fingerprint density at radius 1 is 1.16 bits per heavy atom. The first-order valence-corrected chi connectivity index (χ1v) is 6.43. The van der Waals surface area contributed by atoms with Crippen LogP contribution in [0.1, 0.15) is 0 Å². The number of fused-ring (bicyclic) bond motifs is 1. The Labute approximate surface area is 111 Å². The largest absolute Gasteiger partial charge is 0.398 e. The zero-order valence-corrected chi connectivity index (χ0v) is 10.9. The van der Waals surface area contributed by atoms with Gasteiger partial charge in [-0.05, 0) is 25.2 Å². The molecule has 5 heteroatoms. The fraction of sp³-hybridized carbons (Fsp3) is 0.357. The summed E-state index contributed by atoms with van der Waals surface area (Å²) >= 11 is 0. The number of nitrogen functional groups attached to an aromatic ring is 1. The molecule has 1 aliphatic heterocycles. The van der Waals surface area contributed by atoms with Gasteiger partial charge in [0.05, 0.1) is 5.39 Å². The molecule has 0 amide bonds. The molecule has 0 unspecified atom stereocenters. The number of likely N-dealkylation sites (N-methyl/N-ethyl adjacent to an activating group) is 1. The average molecular weight is 260 g/mol. The lowest BCUT2D eigenvalue weighted by Gasteiger charge is -2.33. The number of anilines is 2. The number of pyridine rings is 1. The number of halogens is 1. The van der Waals surface area contributed by atoms with Crippen molar-refractivity contribution in [3.05, 3.63) is 30.2 Å². The van der Waals surface area contributed by atoms with Gasteiger partial charge >= 0.3 is 0 Å². The van der Waals surface area contributed by atoms with E-state index in [2.05, 4.69) is 21.8 Å². The molecule has 0 aliphatic carbocycles. The molecule has 100 valence electrons. The molecule has 1 fully saturated rings. The smallest absolute Gasteiger partial charge is 0.139 e. The van der Waals surface area contributed by atoms with E-state index in [9.17, 15) is 4.39 Å². The van der Waals surface area contributed by atoms with Crippen molar-refractivity contribution in [1.29, 1.82) is 0 Å². The molecule has 2 aromatic rings. The predicted molar refractivity (Wildman–Crippen MR) is 75.8 cm³/mol. The lowest BCUT2D eigenvalue weighted by Crippen LogP contribution is -2.44. The van der Waals surface area contributed by atoms with Gasteiger partial charge in [-0.15, -0.1) is 0 Å². The number of piperazine rings is 1. The zero-order valence-electron chi connectivity index (χ0n) is 10.9. The molecule has 1 saturated heterocycles. The number of benzene rings is 1. The number of hydrogen-bond acceptors (Lipinski definition) is 4. The van der Waals surface area contributed by atoms with Crippen molar-refractivity contribution in [1.82, 2.24) is 9.88 Å². The second-order valence-corrected chi connectivity index (χ2v) is 4.98. The van der Waals surface area contributed by atoms with Crippen LogP contribution in [0.4, 0.5) is 15.9 Å². The van der Waals surface area contributed by atoms with Crippen LogP contribution in [0.15, 0.2) is 24.4 Å². The lowest BCUT2D eigenvalue weighted by atomic mass is 10.1. The summed E-state index contributed by atoms with van der Waals surface area (Å²) in [6.07, 6.45) is 1.70. The third-order valence-electron chi connectivity index (χ3n) is 3.69. The highest BCUT2D eigenvalue weighted by Crippen LogP contribution is 2.31. The third-order valence-corrected chi connectivity index (χ3v) is 3.69. The van der Waals surface area contributed by atoms with Gasteiger partial charge in [-0.1, -0.05) is 0 Å². The molecule has 2 N–H and O–H groups in total. The van der Waals surface area contributed by atoms with Crippen LogP contribution >= 0.6 is 0 Å². The Hall–Kier alpha value is -1.88. The first-order valence-electron chi connectivity index (χ1n) is 6.43. The second-order valence-electron chi connectivity index (χ2n) is 4.98. The molecule has 4 nitrogen and oxygen atoms in total. The van der Waals surface area contributed by atoms with E-state index in [1.54, 1.807) is 18.3 Å². The Kier molecular flexibility index (Phi) is 2.98. The van der Waals surface area contributed by atoms with Crippen LogP contribution in [0.2, 0.25) is 0 Å². The van der Waals surface area contributed by atoms with Crippen molar-refractivity contribution in [2.75, 3.05) is 43.9 Å². The number of aromatic nitrogens is 1. The Morgan fingerprint density at radius 3 is 2.63 bits per heavy atom. The van der Waals surface area contributed by atoms with Crippen LogP contribution < -0.4 is 10.6 Å². The minimum absolute atomic E-state index is 0.258. The number of rotatable bonds is 1. The standard InChI is InChI=1S/C14H17FN4/c1-18-6-8-19(9-7-18)14-13-10(4-5-17-14)12(16)3-2-11(13)15/h2-5H,6-9,16H2,1H3. The fourth-order valence-corrected chi connectivity index (χ4v) is 2.52. The van der Waals surface area contributed by atoms with Gasteiger partial charge in [0, 0.05) is 43.4 Å². The van der Waals surface area contributed by atoms with Crippen molar-refractivity contribution in [2.45, 2.75) is 0 Å². The summed E-state index contributed by atoms with van der Waals surface area (Å²) in [6.45, 7) is 3.64. The van der Waals surface area contributed by atoms with E-state index < -0.39 is 0 Å². The summed E-state index contributed by atoms with van der Waals surface area (Å²) in [4.78, 5) is 8.76. The maximum absolute atomic E-state index is 14.1. The molecule has 1 aromatic heterocycles. The fourth-order valence-electron chi connectivity index (χ4n) is 2.52. The lowest BCUT2D eigenvalue weighted by molar-refractivity contribution is 0.312. The minimum atomic E-state index is -0.258. The molecular weight excluding hydrogens is 243 g/mol. The number of nitrogens with zero attached hydrogens (tertiary/aromatic N) is 3. The van der Waals surface area contributed by atoms with Crippen LogP contribution in [-0.2, 0) is 0 Å². The normalized spacial score (nSPS) is 17.1. The summed E-state index contributed by atoms with van der Waals surface area (Å²) in [5, 5.41) is 1.27. The minimum Gasteiger partial charge on any atom is -0.398 e. The van der Waals surface area contributed by atoms with Crippen molar-refractivity contribution in [3.63, 3.8) is 0 Å². The first-order chi connectivity index (χ1) is 9.16. The van der Waals surface area contributed by atoms with E-state index in [0.29, 0.717) is 16.9 Å². The van der Waals surface area contributed by atoms with E-state index in [1.807, 2.05) is 0 Å². The monoisotopic (exact) mass is 260 g/mol. The molecule has 1 aromatic carbocycles. The van der Waals surface area contributed by atoms with E-state index >= 15 is 0 Å². The molecule has 19 heavy (non-hydrogen) atoms. The predicted octanol–water partition coefficient (Wildman–Crippen LogP) is 1.71.